The first-order chi connectivity index (χ1) is 10.0. The van der Waals surface area contributed by atoms with Crippen LogP contribution in [0.2, 0.25) is 0 Å². The zero-order chi connectivity index (χ0) is 15.4. The molecule has 1 fully saturated rings. The second kappa shape index (κ2) is 6.92. The summed E-state index contributed by atoms with van der Waals surface area (Å²) in [6.45, 7) is 11.0. The number of piperidine rings is 1. The monoisotopic (exact) mass is 289 g/mol. The fourth-order valence-corrected chi connectivity index (χ4v) is 2.80. The van der Waals surface area contributed by atoms with E-state index in [0.29, 0.717) is 11.8 Å². The van der Waals surface area contributed by atoms with Crippen LogP contribution in [0.5, 0.6) is 0 Å². The summed E-state index contributed by atoms with van der Waals surface area (Å²) in [5, 5.41) is 3.23. The third-order valence-corrected chi connectivity index (χ3v) is 3.99. The zero-order valence-electron chi connectivity index (χ0n) is 13.6. The van der Waals surface area contributed by atoms with Crippen LogP contribution in [0.1, 0.15) is 62.5 Å². The van der Waals surface area contributed by atoms with E-state index >= 15 is 0 Å². The number of rotatable bonds is 4. The van der Waals surface area contributed by atoms with Gasteiger partial charge in [-0.1, -0.05) is 20.8 Å². The van der Waals surface area contributed by atoms with E-state index in [9.17, 15) is 4.79 Å². The Kier molecular flexibility index (Phi) is 5.21. The quantitative estimate of drug-likeness (QED) is 0.922. The second-order valence-corrected chi connectivity index (χ2v) is 6.35. The Balaban J connectivity index is 2.26. The second-order valence-electron chi connectivity index (χ2n) is 6.35. The van der Waals surface area contributed by atoms with Gasteiger partial charge < -0.3 is 10.2 Å². The molecule has 1 aromatic heterocycles. The molecule has 116 valence electrons. The van der Waals surface area contributed by atoms with Crippen molar-refractivity contribution < 1.29 is 4.79 Å². The highest BCUT2D eigenvalue weighted by atomic mass is 16.2. The molecule has 2 rings (SSSR count). The summed E-state index contributed by atoms with van der Waals surface area (Å²) in [7, 11) is 0. The molecular formula is C17H27N3O. The molecule has 0 aromatic carbocycles. The molecule has 1 aliphatic heterocycles. The molecule has 1 unspecified atom stereocenters. The molecule has 1 N–H and O–H groups in total. The summed E-state index contributed by atoms with van der Waals surface area (Å²) in [5.41, 5.74) is 1.74. The Morgan fingerprint density at radius 2 is 2.24 bits per heavy atom. The lowest BCUT2D eigenvalue weighted by Crippen LogP contribution is -2.39. The van der Waals surface area contributed by atoms with E-state index in [4.69, 9.17) is 0 Å². The van der Waals surface area contributed by atoms with E-state index in [1.807, 2.05) is 24.0 Å². The molecule has 4 nitrogen and oxygen atoms in total. The van der Waals surface area contributed by atoms with Crippen LogP contribution in [0.4, 0.5) is 5.82 Å². The molecule has 1 saturated heterocycles. The summed E-state index contributed by atoms with van der Waals surface area (Å²) >= 11 is 0. The van der Waals surface area contributed by atoms with Crippen molar-refractivity contribution in [2.75, 3.05) is 25.0 Å². The van der Waals surface area contributed by atoms with Crippen molar-refractivity contribution in [2.45, 2.75) is 46.5 Å². The number of hydrogen-bond donors (Lipinski definition) is 1. The molecule has 0 saturated carbocycles. The largest absolute Gasteiger partial charge is 0.370 e. The van der Waals surface area contributed by atoms with Crippen LogP contribution in [0.15, 0.2) is 12.1 Å². The van der Waals surface area contributed by atoms with Crippen molar-refractivity contribution in [1.82, 2.24) is 9.88 Å². The minimum absolute atomic E-state index is 0.144. The molecule has 4 heteroatoms. The molecule has 0 spiro atoms. The SMILES string of the molecule is CCNc1cc(C(=O)N2CCCC(C)C2)cc(C(C)C)n1. The third-order valence-electron chi connectivity index (χ3n) is 3.99. The summed E-state index contributed by atoms with van der Waals surface area (Å²) < 4.78 is 0. The molecule has 1 atom stereocenters. The average Bonchev–Trinajstić information content (AvgIpc) is 2.46. The highest BCUT2D eigenvalue weighted by Crippen LogP contribution is 2.22. The van der Waals surface area contributed by atoms with Gasteiger partial charge in [-0.25, -0.2) is 4.98 Å². The first-order valence-electron chi connectivity index (χ1n) is 8.06. The van der Waals surface area contributed by atoms with Gasteiger partial charge in [0.25, 0.3) is 5.91 Å². The van der Waals surface area contributed by atoms with Gasteiger partial charge in [0.2, 0.25) is 0 Å². The topological polar surface area (TPSA) is 45.2 Å². The molecule has 21 heavy (non-hydrogen) atoms. The van der Waals surface area contributed by atoms with Crippen LogP contribution in [-0.4, -0.2) is 35.4 Å². The van der Waals surface area contributed by atoms with Gasteiger partial charge in [0.15, 0.2) is 0 Å². The van der Waals surface area contributed by atoms with Crippen LogP contribution in [0, 0.1) is 5.92 Å². The van der Waals surface area contributed by atoms with E-state index in [0.717, 1.165) is 43.1 Å². The highest BCUT2D eigenvalue weighted by molar-refractivity contribution is 5.95. The fourth-order valence-electron chi connectivity index (χ4n) is 2.80. The van der Waals surface area contributed by atoms with Gasteiger partial charge in [0.1, 0.15) is 5.82 Å². The maximum absolute atomic E-state index is 12.7. The van der Waals surface area contributed by atoms with Gasteiger partial charge in [-0.3, -0.25) is 4.79 Å². The molecular weight excluding hydrogens is 262 g/mol. The summed E-state index contributed by atoms with van der Waals surface area (Å²) in [6, 6.07) is 3.84. The Bertz CT molecular complexity index is 499. The smallest absolute Gasteiger partial charge is 0.254 e. The van der Waals surface area contributed by atoms with E-state index in [1.54, 1.807) is 0 Å². The number of pyridine rings is 1. The van der Waals surface area contributed by atoms with Crippen molar-refractivity contribution in [3.8, 4) is 0 Å². The van der Waals surface area contributed by atoms with E-state index in [2.05, 4.69) is 31.1 Å². The number of carbonyl (C=O) groups is 1. The number of likely N-dealkylation sites (tertiary alicyclic amines) is 1. The minimum Gasteiger partial charge on any atom is -0.370 e. The summed E-state index contributed by atoms with van der Waals surface area (Å²) in [4.78, 5) is 19.3. The van der Waals surface area contributed by atoms with Crippen LogP contribution < -0.4 is 5.32 Å². The van der Waals surface area contributed by atoms with Crippen LogP contribution in [0.25, 0.3) is 0 Å². The van der Waals surface area contributed by atoms with Crippen molar-refractivity contribution in [2.24, 2.45) is 5.92 Å². The average molecular weight is 289 g/mol. The molecule has 0 aliphatic carbocycles. The number of nitrogens with one attached hydrogen (secondary N) is 1. The first-order valence-corrected chi connectivity index (χ1v) is 8.06. The van der Waals surface area contributed by atoms with Crippen molar-refractivity contribution in [1.29, 1.82) is 0 Å². The first kappa shape index (κ1) is 15.8. The van der Waals surface area contributed by atoms with Crippen LogP contribution in [0.3, 0.4) is 0 Å². The predicted octanol–water partition coefficient (Wildman–Crippen LogP) is 3.51. The minimum atomic E-state index is 0.144. The summed E-state index contributed by atoms with van der Waals surface area (Å²) in [6.07, 6.45) is 2.33. The molecule has 2 heterocycles. The Morgan fingerprint density at radius 3 is 2.86 bits per heavy atom. The Morgan fingerprint density at radius 1 is 1.48 bits per heavy atom. The van der Waals surface area contributed by atoms with Gasteiger partial charge in [0, 0.05) is 30.9 Å². The van der Waals surface area contributed by atoms with Gasteiger partial charge >= 0.3 is 0 Å². The Labute approximate surface area is 127 Å². The lowest BCUT2D eigenvalue weighted by atomic mass is 9.99. The number of aromatic nitrogens is 1. The van der Waals surface area contributed by atoms with Gasteiger partial charge in [0.05, 0.1) is 0 Å². The molecule has 1 aliphatic rings. The number of carbonyl (C=O) groups excluding carboxylic acids is 1. The standard InChI is InChI=1S/C17H27N3O/c1-5-18-16-10-14(9-15(19-16)12(2)3)17(21)20-8-6-7-13(4)11-20/h9-10,12-13H,5-8,11H2,1-4H3,(H,18,19). The molecule has 1 amide bonds. The Hall–Kier alpha value is -1.58. The molecule has 0 bridgehead atoms. The van der Waals surface area contributed by atoms with Crippen molar-refractivity contribution in [3.05, 3.63) is 23.4 Å². The zero-order valence-corrected chi connectivity index (χ0v) is 13.6. The third kappa shape index (κ3) is 3.96. The number of anilines is 1. The number of amides is 1. The van der Waals surface area contributed by atoms with Crippen molar-refractivity contribution in [3.63, 3.8) is 0 Å². The van der Waals surface area contributed by atoms with Crippen LogP contribution >= 0.6 is 0 Å². The van der Waals surface area contributed by atoms with E-state index < -0.39 is 0 Å². The van der Waals surface area contributed by atoms with Gasteiger partial charge in [-0.15, -0.1) is 0 Å². The maximum atomic E-state index is 12.7. The number of nitrogens with zero attached hydrogens (tertiary/aromatic N) is 2. The number of hydrogen-bond acceptors (Lipinski definition) is 3. The maximum Gasteiger partial charge on any atom is 0.254 e. The lowest BCUT2D eigenvalue weighted by Gasteiger charge is -2.31. The molecule has 1 aromatic rings. The van der Waals surface area contributed by atoms with Gasteiger partial charge in [-0.05, 0) is 43.7 Å². The lowest BCUT2D eigenvalue weighted by molar-refractivity contribution is 0.0683. The fraction of sp³-hybridized carbons (Fsp3) is 0.647. The van der Waals surface area contributed by atoms with Gasteiger partial charge in [-0.2, -0.15) is 0 Å². The van der Waals surface area contributed by atoms with Crippen LogP contribution in [-0.2, 0) is 0 Å². The normalized spacial score (nSPS) is 18.9. The highest BCUT2D eigenvalue weighted by Gasteiger charge is 2.23. The van der Waals surface area contributed by atoms with E-state index in [-0.39, 0.29) is 5.91 Å². The van der Waals surface area contributed by atoms with E-state index in [1.165, 1.54) is 6.42 Å². The van der Waals surface area contributed by atoms with Crippen molar-refractivity contribution >= 4 is 11.7 Å². The summed E-state index contributed by atoms with van der Waals surface area (Å²) in [5.74, 6) is 1.86. The molecule has 0 radical (unpaired) electrons. The predicted molar refractivity (Wildman–Crippen MR) is 86.8 cm³/mol.